The fourth-order valence-electron chi connectivity index (χ4n) is 4.42. The fraction of sp³-hybridized carbons (Fsp3) is 0.478. The summed E-state index contributed by atoms with van der Waals surface area (Å²) in [6.45, 7) is 7.27. The van der Waals surface area contributed by atoms with Gasteiger partial charge in [-0.2, -0.15) is 5.10 Å². The summed E-state index contributed by atoms with van der Waals surface area (Å²) in [6, 6.07) is 7.82. The van der Waals surface area contributed by atoms with Gasteiger partial charge in [0.2, 0.25) is 5.91 Å². The lowest BCUT2D eigenvalue weighted by atomic mass is 9.92. The molecule has 31 heavy (non-hydrogen) atoms. The second-order valence-electron chi connectivity index (χ2n) is 8.40. The summed E-state index contributed by atoms with van der Waals surface area (Å²) in [5.41, 5.74) is 3.59. The highest BCUT2D eigenvalue weighted by molar-refractivity contribution is 5.76. The molecule has 1 fully saturated rings. The summed E-state index contributed by atoms with van der Waals surface area (Å²) in [4.78, 5) is 27.0. The number of amides is 1. The van der Waals surface area contributed by atoms with E-state index < -0.39 is 0 Å². The quantitative estimate of drug-likeness (QED) is 0.658. The molecule has 1 aliphatic heterocycles. The van der Waals surface area contributed by atoms with E-state index in [0.29, 0.717) is 25.2 Å². The Morgan fingerprint density at radius 3 is 2.61 bits per heavy atom. The molecule has 4 rings (SSSR count). The van der Waals surface area contributed by atoms with Crippen LogP contribution in [0.2, 0.25) is 0 Å². The number of nitrogens with zero attached hydrogens (tertiary/aromatic N) is 4. The van der Waals surface area contributed by atoms with Gasteiger partial charge in [0.1, 0.15) is 11.6 Å². The molecular weight excluding hydrogens is 394 g/mol. The molecule has 1 aliphatic rings. The van der Waals surface area contributed by atoms with Crippen molar-refractivity contribution in [1.29, 1.82) is 0 Å². The van der Waals surface area contributed by atoms with Crippen LogP contribution in [0.15, 0.2) is 33.6 Å². The van der Waals surface area contributed by atoms with Crippen molar-refractivity contribution in [1.82, 2.24) is 24.8 Å². The number of likely N-dealkylation sites (tertiary alicyclic amines) is 1. The van der Waals surface area contributed by atoms with Gasteiger partial charge in [-0.3, -0.25) is 4.79 Å². The van der Waals surface area contributed by atoms with Crippen LogP contribution in [0, 0.1) is 26.7 Å². The van der Waals surface area contributed by atoms with Gasteiger partial charge >= 0.3 is 5.69 Å². The average molecular weight is 424 g/mol. The second-order valence-corrected chi connectivity index (χ2v) is 8.40. The molecule has 1 aromatic carbocycles. The van der Waals surface area contributed by atoms with E-state index >= 15 is 0 Å². The summed E-state index contributed by atoms with van der Waals surface area (Å²) in [5, 5.41) is 10.8. The number of rotatable bonds is 6. The molecule has 3 heterocycles. The Balaban J connectivity index is 1.35. The Morgan fingerprint density at radius 2 is 1.94 bits per heavy atom. The van der Waals surface area contributed by atoms with Crippen molar-refractivity contribution in [2.75, 3.05) is 13.1 Å². The van der Waals surface area contributed by atoms with Gasteiger partial charge in [0.25, 0.3) is 0 Å². The van der Waals surface area contributed by atoms with Crippen molar-refractivity contribution in [2.24, 2.45) is 5.92 Å². The van der Waals surface area contributed by atoms with E-state index in [-0.39, 0.29) is 11.6 Å². The third-order valence-corrected chi connectivity index (χ3v) is 6.31. The first-order valence-corrected chi connectivity index (χ1v) is 10.9. The lowest BCUT2D eigenvalue weighted by molar-refractivity contribution is -0.132. The molecular formula is C23H29N5O3. The molecule has 0 aliphatic carbocycles. The van der Waals surface area contributed by atoms with Gasteiger partial charge in [-0.25, -0.2) is 14.5 Å². The van der Waals surface area contributed by atoms with Crippen LogP contribution in [-0.4, -0.2) is 43.8 Å². The van der Waals surface area contributed by atoms with Crippen LogP contribution in [0.5, 0.6) is 0 Å². The van der Waals surface area contributed by atoms with E-state index in [2.05, 4.69) is 15.4 Å². The molecule has 0 spiro atoms. The lowest BCUT2D eigenvalue weighted by Gasteiger charge is -2.32. The molecule has 1 amide bonds. The van der Waals surface area contributed by atoms with Crippen molar-refractivity contribution >= 4 is 5.91 Å². The van der Waals surface area contributed by atoms with E-state index in [0.717, 1.165) is 60.0 Å². The molecule has 8 heteroatoms. The number of nitrogens with one attached hydrogen (secondary N) is 1. The summed E-state index contributed by atoms with van der Waals surface area (Å²) in [5.74, 6) is 2.12. The maximum absolute atomic E-state index is 12.7. The molecule has 0 unspecified atom stereocenters. The first-order chi connectivity index (χ1) is 14.9. The SMILES string of the molecule is Cc1ccccc1-n1c(CC2CCN(C(=O)CCc3c(C)noc3C)CC2)n[nH]c1=O. The number of carbonyl (C=O) groups is 1. The third-order valence-electron chi connectivity index (χ3n) is 6.31. The van der Waals surface area contributed by atoms with E-state index in [9.17, 15) is 9.59 Å². The summed E-state index contributed by atoms with van der Waals surface area (Å²) < 4.78 is 6.86. The van der Waals surface area contributed by atoms with Gasteiger partial charge < -0.3 is 9.42 Å². The summed E-state index contributed by atoms with van der Waals surface area (Å²) >= 11 is 0. The highest BCUT2D eigenvalue weighted by Gasteiger charge is 2.25. The van der Waals surface area contributed by atoms with Crippen molar-refractivity contribution in [3.63, 3.8) is 0 Å². The standard InChI is InChI=1S/C23H29N5O3/c1-15-6-4-5-7-20(15)28-21(24-25-23(28)30)14-18-10-12-27(13-11-18)22(29)9-8-19-16(2)26-31-17(19)3/h4-7,18H,8-14H2,1-3H3,(H,25,30). The van der Waals surface area contributed by atoms with Gasteiger partial charge in [-0.1, -0.05) is 23.4 Å². The Labute approximate surface area is 181 Å². The number of hydrogen-bond acceptors (Lipinski definition) is 5. The first kappa shape index (κ1) is 21.1. The van der Waals surface area contributed by atoms with Crippen LogP contribution in [-0.2, 0) is 17.6 Å². The average Bonchev–Trinajstić information content (AvgIpc) is 3.28. The molecule has 8 nitrogen and oxygen atoms in total. The highest BCUT2D eigenvalue weighted by Crippen LogP contribution is 2.23. The first-order valence-electron chi connectivity index (χ1n) is 10.9. The van der Waals surface area contributed by atoms with Crippen molar-refractivity contribution in [2.45, 2.75) is 52.9 Å². The Bertz CT molecular complexity index is 1100. The fourth-order valence-corrected chi connectivity index (χ4v) is 4.42. The Kier molecular flexibility index (Phi) is 6.06. The summed E-state index contributed by atoms with van der Waals surface area (Å²) in [6.07, 6.45) is 3.67. The highest BCUT2D eigenvalue weighted by atomic mass is 16.5. The molecule has 0 atom stereocenters. The van der Waals surface area contributed by atoms with Crippen LogP contribution in [0.3, 0.4) is 0 Å². The van der Waals surface area contributed by atoms with E-state index in [1.807, 2.05) is 49.9 Å². The molecule has 1 N–H and O–H groups in total. The van der Waals surface area contributed by atoms with Crippen LogP contribution < -0.4 is 5.69 Å². The number of para-hydroxylation sites is 1. The van der Waals surface area contributed by atoms with E-state index in [4.69, 9.17) is 4.52 Å². The zero-order valence-electron chi connectivity index (χ0n) is 18.4. The molecule has 3 aromatic rings. The van der Waals surface area contributed by atoms with Crippen molar-refractivity contribution in [3.8, 4) is 5.69 Å². The maximum atomic E-state index is 12.7. The van der Waals surface area contributed by atoms with Gasteiger partial charge in [0.15, 0.2) is 0 Å². The minimum absolute atomic E-state index is 0.176. The monoisotopic (exact) mass is 423 g/mol. The maximum Gasteiger partial charge on any atom is 0.347 e. The van der Waals surface area contributed by atoms with Crippen LogP contribution >= 0.6 is 0 Å². The predicted molar refractivity (Wildman–Crippen MR) is 116 cm³/mol. The number of aromatic amines is 1. The number of hydrogen-bond donors (Lipinski definition) is 1. The smallest absolute Gasteiger partial charge is 0.347 e. The Morgan fingerprint density at radius 1 is 1.19 bits per heavy atom. The van der Waals surface area contributed by atoms with Crippen LogP contribution in [0.4, 0.5) is 0 Å². The van der Waals surface area contributed by atoms with Gasteiger partial charge in [-0.05, 0) is 57.6 Å². The Hall–Kier alpha value is -3.16. The summed E-state index contributed by atoms with van der Waals surface area (Å²) in [7, 11) is 0. The largest absolute Gasteiger partial charge is 0.361 e. The minimum atomic E-state index is -0.212. The molecule has 0 radical (unpaired) electrons. The zero-order valence-corrected chi connectivity index (χ0v) is 18.4. The van der Waals surface area contributed by atoms with Gasteiger partial charge in [-0.15, -0.1) is 0 Å². The predicted octanol–water partition coefficient (Wildman–Crippen LogP) is 2.89. The number of aryl methyl sites for hydroxylation is 3. The molecule has 0 bridgehead atoms. The van der Waals surface area contributed by atoms with E-state index in [1.54, 1.807) is 4.57 Å². The topological polar surface area (TPSA) is 97.0 Å². The molecule has 1 saturated heterocycles. The van der Waals surface area contributed by atoms with Crippen LogP contribution in [0.1, 0.15) is 47.7 Å². The zero-order chi connectivity index (χ0) is 22.0. The number of benzene rings is 1. The third kappa shape index (κ3) is 4.47. The van der Waals surface area contributed by atoms with E-state index in [1.165, 1.54) is 0 Å². The second kappa shape index (κ2) is 8.91. The molecule has 0 saturated carbocycles. The minimum Gasteiger partial charge on any atom is -0.361 e. The number of carbonyl (C=O) groups excluding carboxylic acids is 1. The lowest BCUT2D eigenvalue weighted by Crippen LogP contribution is -2.39. The number of piperidine rings is 1. The van der Waals surface area contributed by atoms with Crippen LogP contribution in [0.25, 0.3) is 5.69 Å². The number of H-pyrrole nitrogens is 1. The van der Waals surface area contributed by atoms with Crippen molar-refractivity contribution in [3.05, 3.63) is 63.2 Å². The molecule has 164 valence electrons. The van der Waals surface area contributed by atoms with Gasteiger partial charge in [0, 0.05) is 31.5 Å². The normalized spacial score (nSPS) is 14.9. The van der Waals surface area contributed by atoms with Gasteiger partial charge in [0.05, 0.1) is 11.4 Å². The number of aromatic nitrogens is 4. The van der Waals surface area contributed by atoms with Crippen molar-refractivity contribution < 1.29 is 9.32 Å². The molecule has 2 aromatic heterocycles.